The minimum absolute atomic E-state index is 0.0998. The van der Waals surface area contributed by atoms with Gasteiger partial charge in [-0.25, -0.2) is 4.79 Å². The van der Waals surface area contributed by atoms with E-state index in [1.54, 1.807) is 0 Å². The van der Waals surface area contributed by atoms with Crippen molar-refractivity contribution in [2.45, 2.75) is 76.0 Å². The minimum Gasteiger partial charge on any atom is -0.467 e. The lowest BCUT2D eigenvalue weighted by Gasteiger charge is -2.47. The zero-order chi connectivity index (χ0) is 25.7. The molecule has 194 valence electrons. The summed E-state index contributed by atoms with van der Waals surface area (Å²) in [5.74, 6) is 1.23. The van der Waals surface area contributed by atoms with E-state index in [0.29, 0.717) is 23.8 Å². The maximum atomic E-state index is 13.2. The molecule has 0 saturated heterocycles. The van der Waals surface area contributed by atoms with Crippen LogP contribution in [0.15, 0.2) is 36.4 Å². The third-order valence-corrected chi connectivity index (χ3v) is 8.68. The Labute approximate surface area is 218 Å². The van der Waals surface area contributed by atoms with Crippen LogP contribution < -0.4 is 14.8 Å². The number of anilines is 1. The third kappa shape index (κ3) is 4.32. The number of carbonyl (C=O) groups is 1. The Hall–Kier alpha value is -2.44. The van der Waals surface area contributed by atoms with Crippen LogP contribution in [0.1, 0.15) is 64.0 Å². The van der Waals surface area contributed by atoms with Gasteiger partial charge in [0.25, 0.3) is 0 Å². The van der Waals surface area contributed by atoms with Gasteiger partial charge < -0.3 is 24.6 Å². The number of ether oxygens (including phenoxy) is 3. The van der Waals surface area contributed by atoms with E-state index in [0.717, 1.165) is 42.9 Å². The Bertz CT molecular complexity index is 1150. The van der Waals surface area contributed by atoms with Crippen LogP contribution in [-0.4, -0.2) is 36.1 Å². The lowest BCUT2D eigenvalue weighted by molar-refractivity contribution is -0.148. The quantitative estimate of drug-likeness (QED) is 0.470. The first-order valence-corrected chi connectivity index (χ1v) is 13.3. The van der Waals surface area contributed by atoms with Crippen molar-refractivity contribution in [2.24, 2.45) is 11.8 Å². The summed E-state index contributed by atoms with van der Waals surface area (Å²) >= 11 is 6.23. The highest BCUT2D eigenvalue weighted by Crippen LogP contribution is 2.58. The van der Waals surface area contributed by atoms with Crippen LogP contribution in [0.25, 0.3) is 0 Å². The van der Waals surface area contributed by atoms with Crippen molar-refractivity contribution in [3.8, 4) is 11.5 Å². The summed E-state index contributed by atoms with van der Waals surface area (Å²) in [6, 6.07) is 11.8. The van der Waals surface area contributed by atoms with Crippen molar-refractivity contribution in [2.75, 3.05) is 19.0 Å². The van der Waals surface area contributed by atoms with Gasteiger partial charge in [0.1, 0.15) is 5.54 Å². The van der Waals surface area contributed by atoms with Gasteiger partial charge in [-0.2, -0.15) is 0 Å². The van der Waals surface area contributed by atoms with E-state index in [4.69, 9.17) is 25.8 Å². The Morgan fingerprint density at radius 1 is 1.17 bits per heavy atom. The predicted molar refractivity (Wildman–Crippen MR) is 140 cm³/mol. The second-order valence-electron chi connectivity index (χ2n) is 11.3. The summed E-state index contributed by atoms with van der Waals surface area (Å²) in [4.78, 5) is 13.2. The molecular weight excluding hydrogens is 478 g/mol. The van der Waals surface area contributed by atoms with Crippen LogP contribution in [0.2, 0.25) is 5.02 Å². The molecule has 5 rings (SSSR count). The summed E-state index contributed by atoms with van der Waals surface area (Å²) in [7, 11) is 1.45. The Balaban J connectivity index is 1.49. The fourth-order valence-corrected chi connectivity index (χ4v) is 6.90. The van der Waals surface area contributed by atoms with Crippen molar-refractivity contribution >= 4 is 23.3 Å². The lowest BCUT2D eigenvalue weighted by Crippen LogP contribution is -2.53. The summed E-state index contributed by atoms with van der Waals surface area (Å²) in [5.41, 5.74) is 2.49. The molecule has 0 unspecified atom stereocenters. The molecule has 1 spiro atoms. The molecule has 36 heavy (non-hydrogen) atoms. The van der Waals surface area contributed by atoms with Crippen molar-refractivity contribution < 1.29 is 24.1 Å². The number of esters is 1. The number of nitrogens with one attached hydrogen (secondary N) is 1. The van der Waals surface area contributed by atoms with E-state index >= 15 is 0 Å². The predicted octanol–water partition coefficient (Wildman–Crippen LogP) is 5.87. The average Bonchev–Trinajstić information content (AvgIpc) is 3.30. The smallest absolute Gasteiger partial charge is 0.331 e. The molecule has 3 aliphatic rings. The van der Waals surface area contributed by atoms with Crippen LogP contribution in [0.5, 0.6) is 11.5 Å². The second kappa shape index (κ2) is 9.14. The summed E-state index contributed by atoms with van der Waals surface area (Å²) < 4.78 is 17.5. The Morgan fingerprint density at radius 3 is 2.50 bits per heavy atom. The largest absolute Gasteiger partial charge is 0.467 e. The van der Waals surface area contributed by atoms with Crippen LogP contribution in [0.3, 0.4) is 0 Å². The van der Waals surface area contributed by atoms with Gasteiger partial charge in [0.15, 0.2) is 11.5 Å². The first kappa shape index (κ1) is 25.2. The summed E-state index contributed by atoms with van der Waals surface area (Å²) in [5, 5.41) is 14.0. The molecule has 1 heterocycles. The van der Waals surface area contributed by atoms with Crippen LogP contribution in [0, 0.1) is 11.8 Å². The maximum Gasteiger partial charge on any atom is 0.331 e. The van der Waals surface area contributed by atoms with Gasteiger partial charge in [-0.3, -0.25) is 0 Å². The molecule has 2 N–H and O–H groups in total. The van der Waals surface area contributed by atoms with E-state index in [1.807, 2.05) is 38.1 Å². The molecule has 2 aliphatic carbocycles. The first-order valence-electron chi connectivity index (χ1n) is 12.9. The van der Waals surface area contributed by atoms with Gasteiger partial charge in [0, 0.05) is 31.2 Å². The van der Waals surface area contributed by atoms with E-state index in [1.165, 1.54) is 18.2 Å². The standard InChI is InChI=1S/C29H36ClNO5/c1-18(17-32)12-20-13-19-14-24-25(36-27(2,3)35-24)16-23(19)28(20)8-10-29(11-9-28,26(33)34-4)31-22-7-5-6-21(30)15-22/h5-7,14-16,18,20,31-32H,8-13,17H2,1-4H3/t18-,20+,28?,29?/m1/s1. The number of hydrogen-bond donors (Lipinski definition) is 2. The van der Waals surface area contributed by atoms with Crippen molar-refractivity contribution in [3.05, 3.63) is 52.5 Å². The van der Waals surface area contributed by atoms with Gasteiger partial charge in [-0.15, -0.1) is 0 Å². The van der Waals surface area contributed by atoms with Crippen LogP contribution >= 0.6 is 11.6 Å². The Morgan fingerprint density at radius 2 is 1.86 bits per heavy atom. The topological polar surface area (TPSA) is 77.0 Å². The molecule has 0 bridgehead atoms. The number of hydrogen-bond acceptors (Lipinski definition) is 6. The molecule has 2 aromatic carbocycles. The first-order chi connectivity index (χ1) is 17.1. The molecule has 0 aromatic heterocycles. The maximum absolute atomic E-state index is 13.2. The van der Waals surface area contributed by atoms with Gasteiger partial charge in [-0.1, -0.05) is 24.6 Å². The zero-order valence-electron chi connectivity index (χ0n) is 21.5. The van der Waals surface area contributed by atoms with Gasteiger partial charge >= 0.3 is 5.97 Å². The van der Waals surface area contributed by atoms with E-state index in [-0.39, 0.29) is 23.9 Å². The van der Waals surface area contributed by atoms with Crippen molar-refractivity contribution in [3.63, 3.8) is 0 Å². The monoisotopic (exact) mass is 513 g/mol. The van der Waals surface area contributed by atoms with Crippen molar-refractivity contribution in [1.82, 2.24) is 0 Å². The number of fused-ring (bicyclic) bond motifs is 3. The molecule has 2 aromatic rings. The number of benzene rings is 2. The van der Waals surface area contributed by atoms with Crippen LogP contribution in [-0.2, 0) is 21.4 Å². The normalized spacial score (nSPS) is 28.6. The van der Waals surface area contributed by atoms with Gasteiger partial charge in [0.2, 0.25) is 5.79 Å². The van der Waals surface area contributed by atoms with E-state index < -0.39 is 11.3 Å². The molecule has 0 amide bonds. The SMILES string of the molecule is COC(=O)C1(Nc2cccc(Cl)c2)CCC2(CC1)c1cc3c(cc1C[C@@H]2C[C@@H](C)CO)OC(C)(C)O3. The third-order valence-electron chi connectivity index (χ3n) is 8.44. The van der Waals surface area contributed by atoms with E-state index in [9.17, 15) is 9.90 Å². The molecule has 1 aliphatic heterocycles. The molecule has 0 radical (unpaired) electrons. The number of carbonyl (C=O) groups excluding carboxylic acids is 1. The number of rotatable bonds is 6. The van der Waals surface area contributed by atoms with Gasteiger partial charge in [0.05, 0.1) is 7.11 Å². The fourth-order valence-electron chi connectivity index (χ4n) is 6.71. The zero-order valence-corrected chi connectivity index (χ0v) is 22.3. The number of halogens is 1. The number of aliphatic hydroxyl groups excluding tert-OH is 1. The molecule has 7 heteroatoms. The average molecular weight is 514 g/mol. The molecule has 1 saturated carbocycles. The van der Waals surface area contributed by atoms with Gasteiger partial charge in [-0.05, 0) is 97.2 Å². The highest BCUT2D eigenvalue weighted by atomic mass is 35.5. The second-order valence-corrected chi connectivity index (χ2v) is 11.8. The van der Waals surface area contributed by atoms with Crippen molar-refractivity contribution in [1.29, 1.82) is 0 Å². The van der Waals surface area contributed by atoms with Crippen LogP contribution in [0.4, 0.5) is 5.69 Å². The molecule has 2 atom stereocenters. The summed E-state index contributed by atoms with van der Waals surface area (Å²) in [6.45, 7) is 6.12. The highest BCUT2D eigenvalue weighted by molar-refractivity contribution is 6.30. The number of aliphatic hydroxyl groups is 1. The molecule has 6 nitrogen and oxygen atoms in total. The summed E-state index contributed by atoms with van der Waals surface area (Å²) in [6.07, 6.45) is 4.79. The number of methoxy groups -OCH3 is 1. The molecule has 1 fully saturated rings. The van der Waals surface area contributed by atoms with E-state index in [2.05, 4.69) is 24.4 Å². The fraction of sp³-hybridized carbons (Fsp3) is 0.552. The lowest BCUT2D eigenvalue weighted by atomic mass is 9.59. The molecular formula is C29H36ClNO5. The Kier molecular flexibility index (Phi) is 6.40. The highest BCUT2D eigenvalue weighted by Gasteiger charge is 2.55. The minimum atomic E-state index is -0.821.